The van der Waals surface area contributed by atoms with Crippen molar-refractivity contribution < 1.29 is 4.79 Å². The number of ketones is 1. The highest BCUT2D eigenvalue weighted by molar-refractivity contribution is 6.00. The molecule has 1 aliphatic heterocycles. The number of nitrogens with one attached hydrogen (secondary N) is 1. The molecule has 0 aromatic carbocycles. The van der Waals surface area contributed by atoms with Gasteiger partial charge < -0.3 is 4.98 Å². The van der Waals surface area contributed by atoms with Crippen molar-refractivity contribution >= 4 is 5.78 Å². The third-order valence-corrected chi connectivity index (χ3v) is 2.13. The van der Waals surface area contributed by atoms with Gasteiger partial charge in [-0.2, -0.15) is 0 Å². The number of hydrogen-bond acceptors (Lipinski definition) is 2. The SMILES string of the molecule is CC(=O)c1c2cccccc-2[nH]c1=O. The molecule has 1 aliphatic carbocycles. The molecule has 2 rings (SSSR count). The van der Waals surface area contributed by atoms with Crippen molar-refractivity contribution in [3.63, 3.8) is 0 Å². The van der Waals surface area contributed by atoms with Crippen LogP contribution in [0.25, 0.3) is 11.3 Å². The van der Waals surface area contributed by atoms with Gasteiger partial charge in [-0.05, 0) is 13.0 Å². The number of aromatic amines is 1. The average Bonchev–Trinajstić information content (AvgIpc) is 2.31. The van der Waals surface area contributed by atoms with Crippen molar-refractivity contribution in [1.29, 1.82) is 0 Å². The maximum atomic E-state index is 11.4. The molecule has 2 aliphatic rings. The number of carbonyl (C=O) groups is 1. The Kier molecular flexibility index (Phi) is 1.93. The molecule has 0 radical (unpaired) electrons. The molecule has 0 saturated heterocycles. The Labute approximate surface area is 80.7 Å². The van der Waals surface area contributed by atoms with Gasteiger partial charge in [-0.3, -0.25) is 9.59 Å². The summed E-state index contributed by atoms with van der Waals surface area (Å²) >= 11 is 0. The van der Waals surface area contributed by atoms with Gasteiger partial charge in [0.2, 0.25) is 0 Å². The first-order chi connectivity index (χ1) is 6.70. The Balaban J connectivity index is 2.84. The van der Waals surface area contributed by atoms with Gasteiger partial charge in [-0.15, -0.1) is 0 Å². The Bertz CT molecular complexity index is 513. The van der Waals surface area contributed by atoms with Gasteiger partial charge in [0.05, 0.1) is 5.56 Å². The number of carbonyl (C=O) groups excluding carboxylic acids is 1. The fraction of sp³-hybridized carbons (Fsp3) is 0.0909. The van der Waals surface area contributed by atoms with Crippen LogP contribution >= 0.6 is 0 Å². The van der Waals surface area contributed by atoms with Gasteiger partial charge in [0.25, 0.3) is 5.56 Å². The standard InChI is InChI=1S/C11H9NO2/c1-7(13)10-8-5-3-2-4-6-9(8)12-11(10)14/h2-6H,1H3,(H,12,14). The quantitative estimate of drug-likeness (QED) is 0.690. The fourth-order valence-corrected chi connectivity index (χ4v) is 1.53. The van der Waals surface area contributed by atoms with Gasteiger partial charge in [0, 0.05) is 11.3 Å². The lowest BCUT2D eigenvalue weighted by Crippen LogP contribution is -2.08. The fourth-order valence-electron chi connectivity index (χ4n) is 1.53. The molecule has 0 atom stereocenters. The maximum Gasteiger partial charge on any atom is 0.259 e. The van der Waals surface area contributed by atoms with Crippen LogP contribution in [0.15, 0.2) is 35.1 Å². The van der Waals surface area contributed by atoms with Crippen LogP contribution in [0.4, 0.5) is 0 Å². The van der Waals surface area contributed by atoms with Crippen molar-refractivity contribution in [1.82, 2.24) is 4.98 Å². The van der Waals surface area contributed by atoms with Crippen LogP contribution in [-0.4, -0.2) is 10.8 Å². The van der Waals surface area contributed by atoms with Crippen LogP contribution in [-0.2, 0) is 0 Å². The van der Waals surface area contributed by atoms with Crippen LogP contribution in [0.3, 0.4) is 0 Å². The predicted molar refractivity (Wildman–Crippen MR) is 53.7 cm³/mol. The van der Waals surface area contributed by atoms with E-state index in [1.54, 1.807) is 12.1 Å². The molecular formula is C11H9NO2. The van der Waals surface area contributed by atoms with Crippen molar-refractivity contribution in [2.45, 2.75) is 6.92 Å². The summed E-state index contributed by atoms with van der Waals surface area (Å²) in [6, 6.07) is 9.03. The van der Waals surface area contributed by atoms with E-state index in [4.69, 9.17) is 0 Å². The average molecular weight is 187 g/mol. The van der Waals surface area contributed by atoms with Crippen molar-refractivity contribution in [2.75, 3.05) is 0 Å². The summed E-state index contributed by atoms with van der Waals surface area (Å²) in [7, 11) is 0. The minimum atomic E-state index is -0.307. The summed E-state index contributed by atoms with van der Waals surface area (Å²) < 4.78 is 0. The van der Waals surface area contributed by atoms with E-state index in [9.17, 15) is 9.59 Å². The predicted octanol–water partition coefficient (Wildman–Crippen LogP) is 1.68. The van der Waals surface area contributed by atoms with Gasteiger partial charge >= 0.3 is 0 Å². The van der Waals surface area contributed by atoms with E-state index in [0.29, 0.717) is 11.3 Å². The second-order valence-corrected chi connectivity index (χ2v) is 3.12. The second-order valence-electron chi connectivity index (χ2n) is 3.12. The normalized spacial score (nSPS) is 10.4. The zero-order chi connectivity index (χ0) is 10.1. The highest BCUT2D eigenvalue weighted by atomic mass is 16.1. The van der Waals surface area contributed by atoms with Crippen LogP contribution in [0, 0.1) is 0 Å². The largest absolute Gasteiger partial charge is 0.321 e. The van der Waals surface area contributed by atoms with Crippen LogP contribution in [0.1, 0.15) is 17.3 Å². The number of aromatic nitrogens is 1. The topological polar surface area (TPSA) is 49.9 Å². The Morgan fingerprint density at radius 1 is 1.21 bits per heavy atom. The minimum Gasteiger partial charge on any atom is -0.321 e. The molecule has 70 valence electrons. The summed E-state index contributed by atoms with van der Waals surface area (Å²) in [6.45, 7) is 1.40. The minimum absolute atomic E-state index is 0.201. The zero-order valence-electron chi connectivity index (χ0n) is 7.70. The number of hydrogen-bond donors (Lipinski definition) is 1. The number of rotatable bonds is 1. The molecule has 0 saturated carbocycles. The highest BCUT2D eigenvalue weighted by Gasteiger charge is 2.16. The molecule has 14 heavy (non-hydrogen) atoms. The summed E-state index contributed by atoms with van der Waals surface area (Å²) in [6.07, 6.45) is 0. The molecule has 0 amide bonds. The molecule has 0 bridgehead atoms. The number of fused-ring (bicyclic) bond motifs is 1. The van der Waals surface area contributed by atoms with Crippen molar-refractivity contribution in [2.24, 2.45) is 0 Å². The monoisotopic (exact) mass is 187 g/mol. The van der Waals surface area contributed by atoms with Crippen LogP contribution < -0.4 is 5.56 Å². The van der Waals surface area contributed by atoms with Gasteiger partial charge in [-0.1, -0.05) is 24.3 Å². The first-order valence-electron chi connectivity index (χ1n) is 4.32. The molecular weight excluding hydrogens is 178 g/mol. The van der Waals surface area contributed by atoms with E-state index in [1.165, 1.54) is 6.92 Å². The van der Waals surface area contributed by atoms with E-state index >= 15 is 0 Å². The lowest BCUT2D eigenvalue weighted by Gasteiger charge is -1.92. The van der Waals surface area contributed by atoms with E-state index in [0.717, 1.165) is 0 Å². The molecule has 3 heteroatoms. The van der Waals surface area contributed by atoms with Crippen molar-refractivity contribution in [3.8, 4) is 11.3 Å². The van der Waals surface area contributed by atoms with Crippen LogP contribution in [0.5, 0.6) is 0 Å². The van der Waals surface area contributed by atoms with Crippen LogP contribution in [0.2, 0.25) is 0 Å². The molecule has 1 heterocycles. The second kappa shape index (κ2) is 3.10. The maximum absolute atomic E-state index is 11.4. The van der Waals surface area contributed by atoms with E-state index in [-0.39, 0.29) is 16.9 Å². The molecule has 0 spiro atoms. The molecule has 3 nitrogen and oxygen atoms in total. The van der Waals surface area contributed by atoms with Crippen molar-refractivity contribution in [3.05, 3.63) is 46.2 Å². The third kappa shape index (κ3) is 1.23. The lowest BCUT2D eigenvalue weighted by atomic mass is 10.1. The third-order valence-electron chi connectivity index (χ3n) is 2.13. The molecule has 1 N–H and O–H groups in total. The summed E-state index contributed by atoms with van der Waals surface area (Å²) in [5.41, 5.74) is 1.33. The van der Waals surface area contributed by atoms with E-state index < -0.39 is 0 Å². The Morgan fingerprint density at radius 2 is 1.93 bits per heavy atom. The first-order valence-corrected chi connectivity index (χ1v) is 4.32. The highest BCUT2D eigenvalue weighted by Crippen LogP contribution is 2.20. The van der Waals surface area contributed by atoms with Gasteiger partial charge in [0.15, 0.2) is 5.78 Å². The number of H-pyrrole nitrogens is 1. The van der Waals surface area contributed by atoms with Gasteiger partial charge in [0.1, 0.15) is 0 Å². The van der Waals surface area contributed by atoms with Gasteiger partial charge in [-0.25, -0.2) is 0 Å². The first kappa shape index (κ1) is 8.69. The number of Topliss-reactive ketones (excluding diaryl/α,β-unsaturated/α-hetero) is 1. The van der Waals surface area contributed by atoms with E-state index in [1.807, 2.05) is 18.2 Å². The smallest absolute Gasteiger partial charge is 0.259 e. The molecule has 0 aromatic heterocycles. The zero-order valence-corrected chi connectivity index (χ0v) is 7.70. The lowest BCUT2D eigenvalue weighted by molar-refractivity contribution is 0.101. The summed E-state index contributed by atoms with van der Waals surface area (Å²) in [5.74, 6) is -0.201. The summed E-state index contributed by atoms with van der Waals surface area (Å²) in [5, 5.41) is 0. The molecule has 0 fully saturated rings. The molecule has 0 unspecified atom stereocenters. The Hall–Kier alpha value is -1.90. The molecule has 0 aromatic rings. The summed E-state index contributed by atoms with van der Waals surface area (Å²) in [4.78, 5) is 25.3. The van der Waals surface area contributed by atoms with E-state index in [2.05, 4.69) is 4.98 Å². The Morgan fingerprint density at radius 3 is 2.64 bits per heavy atom.